The van der Waals surface area contributed by atoms with Gasteiger partial charge in [-0.05, 0) is 22.0 Å². The van der Waals surface area contributed by atoms with Gasteiger partial charge in [0.2, 0.25) is 0 Å². The summed E-state index contributed by atoms with van der Waals surface area (Å²) in [6, 6.07) is 1.44. The second-order valence-electron chi connectivity index (χ2n) is 1.88. The van der Waals surface area contributed by atoms with Gasteiger partial charge in [-0.3, -0.25) is 0 Å². The van der Waals surface area contributed by atoms with E-state index in [0.717, 1.165) is 0 Å². The van der Waals surface area contributed by atoms with Crippen LogP contribution in [0.2, 0.25) is 5.02 Å². The molecule has 6 heteroatoms. The molecule has 1 rings (SSSR count). The number of hydrogen-bond donors (Lipinski definition) is 2. The summed E-state index contributed by atoms with van der Waals surface area (Å²) in [6.07, 6.45) is 1.44. The molecule has 1 aromatic rings. The molecule has 2 N–H and O–H groups in total. The zero-order valence-corrected chi connectivity index (χ0v) is 7.67. The molecule has 0 aliphatic heterocycles. The number of pyridine rings is 1. The fourth-order valence-electron chi connectivity index (χ4n) is 0.631. The fraction of sp³-hybridized carbons (Fsp3) is 0. The molecule has 0 fully saturated rings. The monoisotopic (exact) mass is 235 g/mol. The molecule has 0 radical (unpaired) electrons. The lowest BCUT2D eigenvalue weighted by Crippen LogP contribution is -2.31. The highest BCUT2D eigenvalue weighted by atomic mass is 79.9. The van der Waals surface area contributed by atoms with Crippen molar-refractivity contribution in [3.8, 4) is 0 Å². The van der Waals surface area contributed by atoms with Crippen LogP contribution in [0.5, 0.6) is 0 Å². The van der Waals surface area contributed by atoms with Crippen molar-refractivity contribution in [1.29, 1.82) is 0 Å². The number of hydrogen-bond acceptors (Lipinski definition) is 3. The molecular formula is C5H4BBrClNO2. The van der Waals surface area contributed by atoms with Gasteiger partial charge in [-0.2, -0.15) is 0 Å². The molecule has 58 valence electrons. The van der Waals surface area contributed by atoms with Gasteiger partial charge >= 0.3 is 7.12 Å². The number of halogens is 2. The highest BCUT2D eigenvalue weighted by Crippen LogP contribution is 2.16. The first-order chi connectivity index (χ1) is 5.13. The van der Waals surface area contributed by atoms with Crippen LogP contribution in [0.15, 0.2) is 16.9 Å². The minimum Gasteiger partial charge on any atom is -0.423 e. The summed E-state index contributed by atoms with van der Waals surface area (Å²) in [5.74, 6) is 0. The standard InChI is InChI=1S/C5H4BBrClNO2/c7-5-4(8)3(6(10)11)1-2-9-5/h1-2,10-11H. The molecule has 11 heavy (non-hydrogen) atoms. The van der Waals surface area contributed by atoms with Crippen LogP contribution < -0.4 is 5.46 Å². The SMILES string of the molecule is OB(O)c1ccnc(Br)c1Cl. The summed E-state index contributed by atoms with van der Waals surface area (Å²) in [4.78, 5) is 3.78. The van der Waals surface area contributed by atoms with Crippen molar-refractivity contribution in [2.45, 2.75) is 0 Å². The van der Waals surface area contributed by atoms with E-state index in [0.29, 0.717) is 4.60 Å². The van der Waals surface area contributed by atoms with Crippen LogP contribution in [-0.2, 0) is 0 Å². The molecule has 3 nitrogen and oxygen atoms in total. The van der Waals surface area contributed by atoms with E-state index in [2.05, 4.69) is 20.9 Å². The van der Waals surface area contributed by atoms with Crippen molar-refractivity contribution in [3.05, 3.63) is 21.9 Å². The Morgan fingerprint density at radius 3 is 2.64 bits per heavy atom. The molecule has 0 bridgehead atoms. The molecule has 1 heterocycles. The molecule has 0 saturated heterocycles. The third kappa shape index (κ3) is 1.93. The number of nitrogens with zero attached hydrogens (tertiary/aromatic N) is 1. The van der Waals surface area contributed by atoms with E-state index in [1.54, 1.807) is 0 Å². The maximum atomic E-state index is 8.75. The zero-order chi connectivity index (χ0) is 8.43. The number of aromatic nitrogens is 1. The van der Waals surface area contributed by atoms with Crippen molar-refractivity contribution < 1.29 is 10.0 Å². The van der Waals surface area contributed by atoms with Gasteiger partial charge in [0.05, 0.1) is 5.02 Å². The van der Waals surface area contributed by atoms with Crippen LogP contribution in [-0.4, -0.2) is 22.2 Å². The largest absolute Gasteiger partial charge is 0.490 e. The second-order valence-corrected chi connectivity index (χ2v) is 3.01. The van der Waals surface area contributed by atoms with Crippen molar-refractivity contribution in [2.75, 3.05) is 0 Å². The second kappa shape index (κ2) is 3.54. The first kappa shape index (κ1) is 9.00. The summed E-state index contributed by atoms with van der Waals surface area (Å²) >= 11 is 8.71. The first-order valence-corrected chi connectivity index (χ1v) is 3.96. The lowest BCUT2D eigenvalue weighted by Gasteiger charge is -2.01. The van der Waals surface area contributed by atoms with Gasteiger partial charge in [0.25, 0.3) is 0 Å². The van der Waals surface area contributed by atoms with Crippen LogP contribution in [0.3, 0.4) is 0 Å². The molecule has 0 aliphatic carbocycles. The predicted octanol–water partition coefficient (Wildman–Crippen LogP) is 0.177. The van der Waals surface area contributed by atoms with E-state index in [4.69, 9.17) is 21.6 Å². The van der Waals surface area contributed by atoms with E-state index in [1.807, 2.05) is 0 Å². The normalized spacial score (nSPS) is 9.82. The van der Waals surface area contributed by atoms with Crippen LogP contribution >= 0.6 is 27.5 Å². The van der Waals surface area contributed by atoms with Gasteiger partial charge in [-0.25, -0.2) is 4.98 Å². The van der Waals surface area contributed by atoms with E-state index in [1.165, 1.54) is 12.3 Å². The summed E-state index contributed by atoms with van der Waals surface area (Å²) < 4.78 is 0.407. The smallest absolute Gasteiger partial charge is 0.423 e. The zero-order valence-electron chi connectivity index (χ0n) is 5.33. The van der Waals surface area contributed by atoms with Gasteiger partial charge in [-0.1, -0.05) is 11.6 Å². The Labute approximate surface area is 77.3 Å². The Kier molecular flexibility index (Phi) is 2.89. The third-order valence-electron chi connectivity index (χ3n) is 1.15. The Morgan fingerprint density at radius 2 is 2.18 bits per heavy atom. The van der Waals surface area contributed by atoms with Crippen LogP contribution in [0, 0.1) is 0 Å². The molecule has 0 atom stereocenters. The minimum atomic E-state index is -1.55. The first-order valence-electron chi connectivity index (χ1n) is 2.79. The van der Waals surface area contributed by atoms with Gasteiger partial charge in [-0.15, -0.1) is 0 Å². The molecule has 0 amide bonds. The molecule has 0 aliphatic rings. The van der Waals surface area contributed by atoms with Crippen molar-refractivity contribution in [3.63, 3.8) is 0 Å². The predicted molar refractivity (Wildman–Crippen MR) is 46.8 cm³/mol. The topological polar surface area (TPSA) is 53.4 Å². The third-order valence-corrected chi connectivity index (χ3v) is 2.38. The fourth-order valence-corrected chi connectivity index (χ4v) is 1.19. The van der Waals surface area contributed by atoms with Gasteiger partial charge in [0.15, 0.2) is 0 Å². The summed E-state index contributed by atoms with van der Waals surface area (Å²) in [6.45, 7) is 0. The molecule has 0 unspecified atom stereocenters. The van der Waals surface area contributed by atoms with E-state index in [9.17, 15) is 0 Å². The summed E-state index contributed by atoms with van der Waals surface area (Å²) in [5.41, 5.74) is 0.244. The maximum Gasteiger partial charge on any atom is 0.490 e. The molecule has 0 spiro atoms. The molecule has 0 saturated carbocycles. The Bertz CT molecular complexity index is 271. The van der Waals surface area contributed by atoms with Gasteiger partial charge < -0.3 is 10.0 Å². The van der Waals surface area contributed by atoms with Crippen LogP contribution in [0.25, 0.3) is 0 Å². The quantitative estimate of drug-likeness (QED) is 0.540. The summed E-state index contributed by atoms with van der Waals surface area (Å²) in [7, 11) is -1.55. The van der Waals surface area contributed by atoms with Crippen molar-refractivity contribution >= 4 is 40.1 Å². The number of rotatable bonds is 1. The van der Waals surface area contributed by atoms with Crippen LogP contribution in [0.4, 0.5) is 0 Å². The van der Waals surface area contributed by atoms with Crippen LogP contribution in [0.1, 0.15) is 0 Å². The molecule has 1 aromatic heterocycles. The average molecular weight is 236 g/mol. The van der Waals surface area contributed by atoms with Crippen molar-refractivity contribution in [1.82, 2.24) is 4.98 Å². The molecule has 0 aromatic carbocycles. The highest BCUT2D eigenvalue weighted by molar-refractivity contribution is 9.10. The van der Waals surface area contributed by atoms with Gasteiger partial charge in [0.1, 0.15) is 4.60 Å². The lowest BCUT2D eigenvalue weighted by molar-refractivity contribution is 0.425. The summed E-state index contributed by atoms with van der Waals surface area (Å²) in [5, 5.41) is 17.7. The van der Waals surface area contributed by atoms with E-state index >= 15 is 0 Å². The maximum absolute atomic E-state index is 8.75. The Morgan fingerprint density at radius 1 is 1.55 bits per heavy atom. The van der Waals surface area contributed by atoms with Crippen molar-refractivity contribution in [2.24, 2.45) is 0 Å². The minimum absolute atomic E-state index is 0.225. The van der Waals surface area contributed by atoms with E-state index in [-0.39, 0.29) is 10.5 Å². The van der Waals surface area contributed by atoms with E-state index < -0.39 is 7.12 Å². The highest BCUT2D eigenvalue weighted by Gasteiger charge is 2.16. The lowest BCUT2D eigenvalue weighted by atomic mass is 9.81. The van der Waals surface area contributed by atoms with Gasteiger partial charge in [0, 0.05) is 11.7 Å². The molecular weight excluding hydrogens is 232 g/mol. The Hall–Kier alpha value is -0.0951. The average Bonchev–Trinajstić information content (AvgIpc) is 1.94. The Balaban J connectivity index is 3.17.